The van der Waals surface area contributed by atoms with Gasteiger partial charge < -0.3 is 0 Å². The summed E-state index contributed by atoms with van der Waals surface area (Å²) in [4.78, 5) is 12.5. The SMILES string of the molecule is O=c1c(-c2ccccc2)c(Cl)sn1-c1ccccc1. The van der Waals surface area contributed by atoms with Crippen LogP contribution in [0.15, 0.2) is 65.5 Å². The van der Waals surface area contributed by atoms with Gasteiger partial charge in [-0.05, 0) is 29.2 Å². The molecule has 0 unspecified atom stereocenters. The number of para-hydroxylation sites is 1. The molecule has 0 saturated carbocycles. The third-order valence-electron chi connectivity index (χ3n) is 2.82. The number of halogens is 1. The maximum atomic E-state index is 12.5. The summed E-state index contributed by atoms with van der Waals surface area (Å²) in [5.74, 6) is 0. The molecule has 0 aliphatic carbocycles. The minimum Gasteiger partial charge on any atom is -0.267 e. The van der Waals surface area contributed by atoms with Crippen molar-refractivity contribution < 1.29 is 0 Å². The number of hydrogen-bond acceptors (Lipinski definition) is 2. The van der Waals surface area contributed by atoms with Gasteiger partial charge in [-0.2, -0.15) is 0 Å². The van der Waals surface area contributed by atoms with Crippen molar-refractivity contribution in [3.05, 3.63) is 75.4 Å². The molecule has 3 rings (SSSR count). The summed E-state index contributed by atoms with van der Waals surface area (Å²) in [6.07, 6.45) is 0. The Morgan fingerprint density at radius 1 is 0.895 bits per heavy atom. The molecule has 19 heavy (non-hydrogen) atoms. The van der Waals surface area contributed by atoms with E-state index in [1.165, 1.54) is 11.5 Å². The molecule has 0 aliphatic heterocycles. The molecule has 2 aromatic carbocycles. The third-order valence-corrected chi connectivity index (χ3v) is 4.14. The van der Waals surface area contributed by atoms with Gasteiger partial charge in [-0.15, -0.1) is 0 Å². The van der Waals surface area contributed by atoms with E-state index in [-0.39, 0.29) is 5.56 Å². The minimum absolute atomic E-state index is 0.0765. The second-order valence-corrected chi connectivity index (χ2v) is 5.60. The highest BCUT2D eigenvalue weighted by Crippen LogP contribution is 2.30. The van der Waals surface area contributed by atoms with Crippen LogP contribution in [-0.2, 0) is 0 Å². The predicted molar refractivity (Wildman–Crippen MR) is 80.4 cm³/mol. The Kier molecular flexibility index (Phi) is 3.23. The molecule has 0 fully saturated rings. The summed E-state index contributed by atoms with van der Waals surface area (Å²) < 4.78 is 2.13. The largest absolute Gasteiger partial charge is 0.274 e. The van der Waals surface area contributed by atoms with Gasteiger partial charge in [-0.25, -0.2) is 3.96 Å². The van der Waals surface area contributed by atoms with Crippen LogP contribution in [-0.4, -0.2) is 3.96 Å². The maximum absolute atomic E-state index is 12.5. The molecule has 0 radical (unpaired) electrons. The molecule has 0 atom stereocenters. The standard InChI is InChI=1S/C15H10ClNOS/c16-14-13(11-7-3-1-4-8-11)15(18)17(19-14)12-9-5-2-6-10-12/h1-10H. The van der Waals surface area contributed by atoms with E-state index in [2.05, 4.69) is 0 Å². The van der Waals surface area contributed by atoms with Gasteiger partial charge in [0.2, 0.25) is 0 Å². The van der Waals surface area contributed by atoms with E-state index in [0.717, 1.165) is 11.3 Å². The molecule has 94 valence electrons. The van der Waals surface area contributed by atoms with E-state index in [1.807, 2.05) is 60.7 Å². The number of benzene rings is 2. The predicted octanol–water partition coefficient (Wildman–Crippen LogP) is 4.22. The highest BCUT2D eigenvalue weighted by molar-refractivity contribution is 7.12. The molecular weight excluding hydrogens is 278 g/mol. The fourth-order valence-electron chi connectivity index (χ4n) is 1.93. The van der Waals surface area contributed by atoms with Crippen molar-refractivity contribution in [3.8, 4) is 16.8 Å². The monoisotopic (exact) mass is 287 g/mol. The van der Waals surface area contributed by atoms with Crippen LogP contribution in [0.4, 0.5) is 0 Å². The van der Waals surface area contributed by atoms with Crippen LogP contribution < -0.4 is 5.56 Å². The zero-order valence-electron chi connectivity index (χ0n) is 9.92. The number of rotatable bonds is 2. The van der Waals surface area contributed by atoms with Crippen LogP contribution in [0.25, 0.3) is 16.8 Å². The van der Waals surface area contributed by atoms with Crippen molar-refractivity contribution in [3.63, 3.8) is 0 Å². The molecule has 1 heterocycles. The van der Waals surface area contributed by atoms with Crippen LogP contribution in [0.1, 0.15) is 0 Å². The first-order valence-electron chi connectivity index (χ1n) is 5.80. The van der Waals surface area contributed by atoms with E-state index in [1.54, 1.807) is 3.96 Å². The second kappa shape index (κ2) is 5.03. The first kappa shape index (κ1) is 12.2. The lowest BCUT2D eigenvalue weighted by molar-refractivity contribution is 1.13. The number of aromatic nitrogens is 1. The Balaban J connectivity index is 2.20. The van der Waals surface area contributed by atoms with Gasteiger partial charge in [0.15, 0.2) is 0 Å². The van der Waals surface area contributed by atoms with Crippen LogP contribution in [0.2, 0.25) is 4.34 Å². The lowest BCUT2D eigenvalue weighted by Crippen LogP contribution is -2.12. The normalized spacial score (nSPS) is 10.6. The topological polar surface area (TPSA) is 22.0 Å². The summed E-state index contributed by atoms with van der Waals surface area (Å²) >= 11 is 7.49. The van der Waals surface area contributed by atoms with E-state index in [4.69, 9.17) is 11.6 Å². The minimum atomic E-state index is -0.0765. The first-order valence-corrected chi connectivity index (χ1v) is 6.95. The molecule has 0 bridgehead atoms. The summed E-state index contributed by atoms with van der Waals surface area (Å²) in [6, 6.07) is 19.0. The summed E-state index contributed by atoms with van der Waals surface area (Å²) in [6.45, 7) is 0. The Labute approximate surface area is 119 Å². The quantitative estimate of drug-likeness (QED) is 0.692. The van der Waals surface area contributed by atoms with Crippen LogP contribution in [0.5, 0.6) is 0 Å². The van der Waals surface area contributed by atoms with Crippen molar-refractivity contribution >= 4 is 23.1 Å². The van der Waals surface area contributed by atoms with E-state index >= 15 is 0 Å². The van der Waals surface area contributed by atoms with Gasteiger partial charge in [0, 0.05) is 0 Å². The summed E-state index contributed by atoms with van der Waals surface area (Å²) in [5.41, 5.74) is 2.17. The Bertz CT molecular complexity index is 747. The summed E-state index contributed by atoms with van der Waals surface area (Å²) in [5, 5.41) is 0. The van der Waals surface area contributed by atoms with Gasteiger partial charge >= 0.3 is 0 Å². The average molecular weight is 288 g/mol. The molecule has 0 N–H and O–H groups in total. The molecule has 3 aromatic rings. The highest BCUT2D eigenvalue weighted by atomic mass is 35.5. The fourth-order valence-corrected chi connectivity index (χ4v) is 3.18. The Hall–Kier alpha value is -1.84. The molecule has 4 heteroatoms. The Morgan fingerprint density at radius 3 is 2.11 bits per heavy atom. The van der Waals surface area contributed by atoms with Gasteiger partial charge in [-0.3, -0.25) is 4.79 Å². The molecule has 2 nitrogen and oxygen atoms in total. The smallest absolute Gasteiger partial charge is 0.267 e. The zero-order valence-corrected chi connectivity index (χ0v) is 11.5. The van der Waals surface area contributed by atoms with Crippen molar-refractivity contribution in [2.75, 3.05) is 0 Å². The van der Waals surface area contributed by atoms with E-state index in [0.29, 0.717) is 9.90 Å². The maximum Gasteiger partial charge on any atom is 0.274 e. The number of nitrogens with zero attached hydrogens (tertiary/aromatic N) is 1. The average Bonchev–Trinajstić information content (AvgIpc) is 2.76. The molecule has 1 aromatic heterocycles. The molecular formula is C15H10ClNOS. The fraction of sp³-hybridized carbons (Fsp3) is 0. The van der Waals surface area contributed by atoms with Crippen LogP contribution in [0, 0.1) is 0 Å². The third kappa shape index (κ3) is 2.23. The van der Waals surface area contributed by atoms with Gasteiger partial charge in [0.25, 0.3) is 5.56 Å². The van der Waals surface area contributed by atoms with Crippen molar-refractivity contribution in [1.82, 2.24) is 3.96 Å². The Morgan fingerprint density at radius 2 is 1.47 bits per heavy atom. The van der Waals surface area contributed by atoms with Gasteiger partial charge in [-0.1, -0.05) is 60.1 Å². The van der Waals surface area contributed by atoms with E-state index < -0.39 is 0 Å². The first-order chi connectivity index (χ1) is 9.27. The van der Waals surface area contributed by atoms with E-state index in [9.17, 15) is 4.79 Å². The molecule has 0 spiro atoms. The van der Waals surface area contributed by atoms with Gasteiger partial charge in [0.1, 0.15) is 4.34 Å². The van der Waals surface area contributed by atoms with Crippen molar-refractivity contribution in [2.45, 2.75) is 0 Å². The lowest BCUT2D eigenvalue weighted by Gasteiger charge is -1.98. The zero-order chi connectivity index (χ0) is 13.2. The summed E-state index contributed by atoms with van der Waals surface area (Å²) in [7, 11) is 0. The van der Waals surface area contributed by atoms with Crippen LogP contribution in [0.3, 0.4) is 0 Å². The lowest BCUT2D eigenvalue weighted by atomic mass is 10.1. The van der Waals surface area contributed by atoms with Crippen molar-refractivity contribution in [1.29, 1.82) is 0 Å². The molecule has 0 saturated heterocycles. The highest BCUT2D eigenvalue weighted by Gasteiger charge is 2.15. The number of hydrogen-bond donors (Lipinski definition) is 0. The van der Waals surface area contributed by atoms with Crippen LogP contribution >= 0.6 is 23.1 Å². The molecule has 0 amide bonds. The second-order valence-electron chi connectivity index (χ2n) is 4.04. The van der Waals surface area contributed by atoms with Gasteiger partial charge in [0.05, 0.1) is 11.3 Å². The molecule has 0 aliphatic rings. The van der Waals surface area contributed by atoms with Crippen molar-refractivity contribution in [2.24, 2.45) is 0 Å².